The molecular formula is C5H10NO3P. The highest BCUT2D eigenvalue weighted by Crippen LogP contribution is 2.20. The number of hydrogen-bond acceptors (Lipinski definition) is 4. The van der Waals surface area contributed by atoms with Gasteiger partial charge in [-0.15, -0.1) is 0 Å². The lowest BCUT2D eigenvalue weighted by Crippen LogP contribution is -1.91. The fourth-order valence-corrected chi connectivity index (χ4v) is 0.917. The van der Waals surface area contributed by atoms with Crippen molar-refractivity contribution < 1.29 is 13.8 Å². The lowest BCUT2D eigenvalue weighted by Gasteiger charge is -1.96. The predicted molar refractivity (Wildman–Crippen MR) is 36.7 cm³/mol. The van der Waals surface area contributed by atoms with Gasteiger partial charge in [-0.05, 0) is 6.42 Å². The zero-order valence-electron chi connectivity index (χ0n) is 6.03. The maximum absolute atomic E-state index is 10.2. The van der Waals surface area contributed by atoms with Crippen molar-refractivity contribution >= 4 is 14.0 Å². The molecule has 0 aromatic heterocycles. The number of nitrogens with zero attached hydrogens (tertiary/aromatic N) is 1. The first-order valence-electron chi connectivity index (χ1n) is 2.97. The van der Waals surface area contributed by atoms with E-state index in [0.29, 0.717) is 6.61 Å². The minimum atomic E-state index is -1.98. The molecule has 0 aromatic carbocycles. The van der Waals surface area contributed by atoms with E-state index in [9.17, 15) is 4.79 Å². The highest BCUT2D eigenvalue weighted by molar-refractivity contribution is 7.32. The molecule has 0 saturated carbocycles. The van der Waals surface area contributed by atoms with Gasteiger partial charge in [-0.25, -0.2) is 0 Å². The zero-order valence-corrected chi connectivity index (χ0v) is 6.93. The number of hydrogen-bond donors (Lipinski definition) is 0. The monoisotopic (exact) mass is 163 g/mol. The molecule has 0 rings (SSSR count). The van der Waals surface area contributed by atoms with Crippen molar-refractivity contribution in [2.45, 2.75) is 20.3 Å². The van der Waals surface area contributed by atoms with Crippen LogP contribution in [0.1, 0.15) is 20.3 Å². The highest BCUT2D eigenvalue weighted by atomic mass is 31.1. The topological polar surface area (TPSA) is 59.3 Å². The first kappa shape index (κ1) is 9.44. The fraction of sp³-hybridized carbons (Fsp3) is 0.800. The third-order valence-electron chi connectivity index (χ3n) is 0.612. The van der Waals surface area contributed by atoms with Gasteiger partial charge in [-0.1, -0.05) is 6.92 Å². The lowest BCUT2D eigenvalue weighted by molar-refractivity contribution is -0.131. The third kappa shape index (κ3) is 5.57. The molecule has 0 N–H and O–H groups in total. The molecule has 0 radical (unpaired) electrons. The number of carbonyl (C=O) groups is 1. The summed E-state index contributed by atoms with van der Waals surface area (Å²) in [6, 6.07) is 0. The predicted octanol–water partition coefficient (Wildman–Crippen LogP) is 1.77. The molecule has 0 spiro atoms. The molecule has 58 valence electrons. The number of rotatable bonds is 2. The smallest absolute Gasteiger partial charge is 0.367 e. The Morgan fingerprint density at radius 3 is 2.70 bits per heavy atom. The second-order valence-corrected chi connectivity index (χ2v) is 2.57. The minimum absolute atomic E-state index is 0.412. The van der Waals surface area contributed by atoms with E-state index in [4.69, 9.17) is 5.00 Å². The summed E-state index contributed by atoms with van der Waals surface area (Å²) in [7, 11) is -1.98. The quantitative estimate of drug-likeness (QED) is 0.582. The second-order valence-electron chi connectivity index (χ2n) is 1.65. The van der Waals surface area contributed by atoms with Crippen LogP contribution in [0.2, 0.25) is 0 Å². The fourth-order valence-electron chi connectivity index (χ4n) is 0.306. The van der Waals surface area contributed by atoms with Crippen LogP contribution in [-0.4, -0.2) is 12.6 Å². The van der Waals surface area contributed by atoms with Gasteiger partial charge in [-0.3, -0.25) is 9.32 Å². The molecule has 0 aliphatic heterocycles. The Kier molecular flexibility index (Phi) is 4.95. The average Bonchev–Trinajstić information content (AvgIpc) is 1.82. The molecule has 0 heterocycles. The Balaban J connectivity index is 3.38. The van der Waals surface area contributed by atoms with Crippen molar-refractivity contribution in [3.63, 3.8) is 0 Å². The van der Waals surface area contributed by atoms with Crippen LogP contribution in [0.5, 0.6) is 0 Å². The molecular weight excluding hydrogens is 153 g/mol. The summed E-state index contributed by atoms with van der Waals surface area (Å²) in [4.78, 5) is 10.2. The molecule has 0 amide bonds. The van der Waals surface area contributed by atoms with E-state index in [-0.39, 0.29) is 0 Å². The summed E-state index contributed by atoms with van der Waals surface area (Å²) in [6.07, 6.45) is 0.792. The molecule has 1 atom stereocenters. The van der Waals surface area contributed by atoms with Gasteiger partial charge in [0.1, 0.15) is 0 Å². The SMILES string of the molecule is CCCOP(#N)OC(C)=O. The van der Waals surface area contributed by atoms with Crippen molar-refractivity contribution in [1.29, 1.82) is 5.00 Å². The third-order valence-corrected chi connectivity index (χ3v) is 1.43. The van der Waals surface area contributed by atoms with Gasteiger partial charge in [0.25, 0.3) is 0 Å². The van der Waals surface area contributed by atoms with E-state index >= 15 is 0 Å². The molecule has 4 nitrogen and oxygen atoms in total. The standard InChI is InChI=1S/C5H10NO3P/c1-3-4-8-10(6)9-5(2)7/h3-4H2,1-2H3. The summed E-state index contributed by atoms with van der Waals surface area (Å²) >= 11 is 0. The first-order valence-corrected chi connectivity index (χ1v) is 4.10. The minimum Gasteiger partial charge on any atom is -0.367 e. The molecule has 0 fully saturated rings. The Morgan fingerprint density at radius 2 is 2.30 bits per heavy atom. The van der Waals surface area contributed by atoms with Crippen LogP contribution in [0.25, 0.3) is 0 Å². The highest BCUT2D eigenvalue weighted by Gasteiger charge is 2.00. The number of carbonyl (C=O) groups excluding carboxylic acids is 1. The van der Waals surface area contributed by atoms with Crippen LogP contribution in [0.15, 0.2) is 0 Å². The van der Waals surface area contributed by atoms with Gasteiger partial charge in [-0.2, -0.15) is 5.00 Å². The summed E-state index contributed by atoms with van der Waals surface area (Å²) in [6.45, 7) is 3.54. The van der Waals surface area contributed by atoms with Crippen LogP contribution < -0.4 is 0 Å². The Hall–Kier alpha value is -0.560. The molecule has 0 aliphatic carbocycles. The van der Waals surface area contributed by atoms with Gasteiger partial charge in [0.15, 0.2) is 0 Å². The summed E-state index contributed by atoms with van der Waals surface area (Å²) in [5.74, 6) is -0.523. The van der Waals surface area contributed by atoms with Crippen LogP contribution in [0.4, 0.5) is 0 Å². The van der Waals surface area contributed by atoms with Crippen molar-refractivity contribution in [2.75, 3.05) is 6.61 Å². The molecule has 0 bridgehead atoms. The van der Waals surface area contributed by atoms with E-state index in [1.54, 1.807) is 0 Å². The Labute approximate surface area is 60.6 Å². The summed E-state index contributed by atoms with van der Waals surface area (Å²) in [5.41, 5.74) is 0. The molecule has 5 heteroatoms. The summed E-state index contributed by atoms with van der Waals surface area (Å²) in [5, 5.41) is 8.75. The molecule has 10 heavy (non-hydrogen) atoms. The van der Waals surface area contributed by atoms with Crippen molar-refractivity contribution in [1.82, 2.24) is 0 Å². The van der Waals surface area contributed by atoms with E-state index in [2.05, 4.69) is 9.05 Å². The van der Waals surface area contributed by atoms with Gasteiger partial charge >= 0.3 is 14.0 Å². The van der Waals surface area contributed by atoms with Crippen molar-refractivity contribution in [2.24, 2.45) is 0 Å². The first-order chi connectivity index (χ1) is 4.66. The summed E-state index contributed by atoms with van der Waals surface area (Å²) < 4.78 is 8.99. The molecule has 0 aliphatic rings. The average molecular weight is 163 g/mol. The second kappa shape index (κ2) is 5.24. The molecule has 0 aromatic rings. The molecule has 1 unspecified atom stereocenters. The van der Waals surface area contributed by atoms with Gasteiger partial charge in [0.2, 0.25) is 0 Å². The largest absolute Gasteiger partial charge is 0.398 e. The van der Waals surface area contributed by atoms with Crippen LogP contribution >= 0.6 is 8.01 Å². The van der Waals surface area contributed by atoms with E-state index in [1.165, 1.54) is 6.92 Å². The van der Waals surface area contributed by atoms with Crippen LogP contribution in [-0.2, 0) is 13.8 Å². The molecule has 0 saturated heterocycles. The van der Waals surface area contributed by atoms with Gasteiger partial charge < -0.3 is 4.52 Å². The van der Waals surface area contributed by atoms with Gasteiger partial charge in [0, 0.05) is 6.92 Å². The zero-order chi connectivity index (χ0) is 7.98. The van der Waals surface area contributed by atoms with E-state index < -0.39 is 14.0 Å². The van der Waals surface area contributed by atoms with Crippen molar-refractivity contribution in [3.05, 3.63) is 0 Å². The Bertz CT molecular complexity index is 171. The Morgan fingerprint density at radius 1 is 1.70 bits per heavy atom. The van der Waals surface area contributed by atoms with Crippen molar-refractivity contribution in [3.8, 4) is 0 Å². The van der Waals surface area contributed by atoms with Crippen LogP contribution in [0.3, 0.4) is 0 Å². The maximum Gasteiger partial charge on any atom is 0.398 e. The van der Waals surface area contributed by atoms with Gasteiger partial charge in [0.05, 0.1) is 6.61 Å². The van der Waals surface area contributed by atoms with Crippen LogP contribution in [0, 0.1) is 5.00 Å². The lowest BCUT2D eigenvalue weighted by atomic mass is 10.5. The van der Waals surface area contributed by atoms with E-state index in [0.717, 1.165) is 6.42 Å². The maximum atomic E-state index is 10.2. The normalized spacial score (nSPS) is 10.7. The van der Waals surface area contributed by atoms with E-state index in [1.807, 2.05) is 6.92 Å².